The maximum absolute atomic E-state index is 9.75. The van der Waals surface area contributed by atoms with Crippen molar-refractivity contribution in [1.82, 2.24) is 0 Å². The van der Waals surface area contributed by atoms with Crippen LogP contribution in [0.1, 0.15) is 13.3 Å². The van der Waals surface area contributed by atoms with E-state index in [1.54, 1.807) is 13.1 Å². The molecule has 0 amide bonds. The number of benzene rings is 3. The number of rotatable bonds is 5. The molecule has 3 rings (SSSR count). The van der Waals surface area contributed by atoms with E-state index in [4.69, 9.17) is 0 Å². The van der Waals surface area contributed by atoms with Crippen LogP contribution in [0.5, 0.6) is 0 Å². The van der Waals surface area contributed by atoms with Crippen LogP contribution in [0.4, 0.5) is 17.3 Å². The minimum absolute atomic E-state index is 1.21. The van der Waals surface area contributed by atoms with E-state index < -0.39 is 20.8 Å². The van der Waals surface area contributed by atoms with Crippen LogP contribution < -0.4 is 13.1 Å². The van der Waals surface area contributed by atoms with Crippen molar-refractivity contribution in [1.29, 1.82) is 0 Å². The minimum atomic E-state index is -6.00. The maximum Gasteiger partial charge on any atom is 0.673 e. The zero-order valence-electron chi connectivity index (χ0n) is 15.1. The van der Waals surface area contributed by atoms with E-state index in [9.17, 15) is 17.3 Å². The molecule has 0 aliphatic carbocycles. The van der Waals surface area contributed by atoms with Crippen molar-refractivity contribution >= 4 is 33.9 Å². The first-order valence-corrected chi connectivity index (χ1v) is 12.9. The summed E-state index contributed by atoms with van der Waals surface area (Å²) >= 11 is -2.36. The molecular formula is C21H22AsBF4. The minimum Gasteiger partial charge on any atom is -0.418 e. The Labute approximate surface area is 160 Å². The molecule has 142 valence electrons. The van der Waals surface area contributed by atoms with Gasteiger partial charge in [-0.2, -0.15) is 0 Å². The van der Waals surface area contributed by atoms with Crippen LogP contribution >= 0.6 is 0 Å². The molecule has 0 nitrogen and oxygen atoms in total. The van der Waals surface area contributed by atoms with E-state index in [2.05, 4.69) is 97.9 Å². The molecule has 3 aromatic rings. The molecule has 0 unspecified atom stereocenters. The third-order valence-corrected chi connectivity index (χ3v) is 13.9. The molecule has 27 heavy (non-hydrogen) atoms. The second kappa shape index (κ2) is 9.80. The molecule has 0 saturated heterocycles. The molecule has 0 saturated carbocycles. The van der Waals surface area contributed by atoms with E-state index >= 15 is 0 Å². The van der Waals surface area contributed by atoms with Gasteiger partial charge in [0.1, 0.15) is 0 Å². The quantitative estimate of drug-likeness (QED) is 0.396. The Morgan fingerprint density at radius 3 is 1.07 bits per heavy atom. The zero-order chi connectivity index (χ0) is 19.8. The predicted octanol–water partition coefficient (Wildman–Crippen LogP) is 4.87. The third kappa shape index (κ3) is 6.00. The van der Waals surface area contributed by atoms with E-state index in [1.165, 1.54) is 11.6 Å². The smallest absolute Gasteiger partial charge is 0.418 e. The molecular weight excluding hydrogens is 414 g/mol. The molecule has 0 fully saturated rings. The summed E-state index contributed by atoms with van der Waals surface area (Å²) in [7, 11) is -6.00. The third-order valence-electron chi connectivity index (χ3n) is 4.15. The molecule has 0 heterocycles. The summed E-state index contributed by atoms with van der Waals surface area (Å²) in [6, 6.07) is 33.5. The van der Waals surface area contributed by atoms with Gasteiger partial charge in [-0.05, 0) is 0 Å². The van der Waals surface area contributed by atoms with Gasteiger partial charge < -0.3 is 17.3 Å². The normalized spacial score (nSPS) is 11.4. The van der Waals surface area contributed by atoms with Gasteiger partial charge in [0, 0.05) is 0 Å². The largest absolute Gasteiger partial charge is 0.673 e. The average molecular weight is 436 g/mol. The fraction of sp³-hybridized carbons (Fsp3) is 0.143. The van der Waals surface area contributed by atoms with Crippen LogP contribution in [-0.4, -0.2) is 20.8 Å². The van der Waals surface area contributed by atoms with Crippen LogP contribution in [0.3, 0.4) is 0 Å². The van der Waals surface area contributed by atoms with E-state index in [1.807, 2.05) is 0 Å². The van der Waals surface area contributed by atoms with Gasteiger partial charge >= 0.3 is 143 Å². The molecule has 0 atom stereocenters. The summed E-state index contributed by atoms with van der Waals surface area (Å²) < 4.78 is 43.6. The van der Waals surface area contributed by atoms with Crippen molar-refractivity contribution < 1.29 is 17.3 Å². The van der Waals surface area contributed by atoms with Crippen molar-refractivity contribution in [2.24, 2.45) is 0 Å². The van der Waals surface area contributed by atoms with Crippen molar-refractivity contribution in [3.8, 4) is 0 Å². The summed E-state index contributed by atoms with van der Waals surface area (Å²) in [5.41, 5.74) is 0. The van der Waals surface area contributed by atoms with Crippen LogP contribution in [0, 0.1) is 0 Å². The predicted molar refractivity (Wildman–Crippen MR) is 109 cm³/mol. The first-order chi connectivity index (χ1) is 12.9. The van der Waals surface area contributed by atoms with Gasteiger partial charge in [-0.1, -0.05) is 0 Å². The Bertz CT molecular complexity index is 690. The molecule has 6 heteroatoms. The summed E-state index contributed by atoms with van der Waals surface area (Å²) in [5, 5.41) is 1.27. The van der Waals surface area contributed by atoms with E-state index in [0.717, 1.165) is 0 Å². The topological polar surface area (TPSA) is 0 Å². The van der Waals surface area contributed by atoms with Crippen molar-refractivity contribution in [3.63, 3.8) is 0 Å². The number of halogens is 4. The monoisotopic (exact) mass is 436 g/mol. The van der Waals surface area contributed by atoms with E-state index in [-0.39, 0.29) is 0 Å². The van der Waals surface area contributed by atoms with Gasteiger partial charge in [0.25, 0.3) is 0 Å². The number of hydrogen-bond donors (Lipinski definition) is 0. The van der Waals surface area contributed by atoms with Crippen LogP contribution in [0.15, 0.2) is 91.0 Å². The van der Waals surface area contributed by atoms with Crippen molar-refractivity contribution in [3.05, 3.63) is 91.0 Å². The fourth-order valence-corrected chi connectivity index (χ4v) is 12.4. The summed E-state index contributed by atoms with van der Waals surface area (Å²) in [6.07, 6.45) is 1.21. The SMILES string of the molecule is CCC[As+](c1ccccc1)(c1ccccc1)c1ccccc1.F[B-](F)(F)F. The molecule has 3 aromatic carbocycles. The van der Waals surface area contributed by atoms with Gasteiger partial charge in [-0.3, -0.25) is 0 Å². The van der Waals surface area contributed by atoms with Crippen LogP contribution in [0.25, 0.3) is 0 Å². The summed E-state index contributed by atoms with van der Waals surface area (Å²) in [6.45, 7) is 2.31. The molecule has 0 aliphatic rings. The van der Waals surface area contributed by atoms with Gasteiger partial charge in [-0.15, -0.1) is 0 Å². The molecule has 0 aliphatic heterocycles. The fourth-order valence-electron chi connectivity index (χ4n) is 3.22. The van der Waals surface area contributed by atoms with E-state index in [0.29, 0.717) is 0 Å². The number of hydrogen-bond acceptors (Lipinski definition) is 0. The Morgan fingerprint density at radius 1 is 0.593 bits per heavy atom. The Balaban J connectivity index is 0.000000465. The maximum atomic E-state index is 9.75. The second-order valence-electron chi connectivity index (χ2n) is 6.03. The van der Waals surface area contributed by atoms with Crippen molar-refractivity contribution in [2.45, 2.75) is 18.6 Å². The summed E-state index contributed by atoms with van der Waals surface area (Å²) in [4.78, 5) is 0. The average Bonchev–Trinajstić information content (AvgIpc) is 2.67. The Hall–Kier alpha value is -2.00. The van der Waals surface area contributed by atoms with Crippen LogP contribution in [-0.2, 0) is 0 Å². The van der Waals surface area contributed by atoms with Crippen molar-refractivity contribution in [2.75, 3.05) is 0 Å². The van der Waals surface area contributed by atoms with Gasteiger partial charge in [0.15, 0.2) is 0 Å². The Kier molecular flexibility index (Phi) is 7.73. The summed E-state index contributed by atoms with van der Waals surface area (Å²) in [5.74, 6) is 0. The second-order valence-corrected chi connectivity index (χ2v) is 13.6. The van der Waals surface area contributed by atoms with Gasteiger partial charge in [0.05, 0.1) is 0 Å². The first kappa shape index (κ1) is 21.3. The zero-order valence-corrected chi connectivity index (χ0v) is 17.0. The standard InChI is InChI=1S/C21H22As.BF4/c1-2-18-22(19-12-6-3-7-13-19,20-14-8-4-9-15-20)21-16-10-5-11-17-21;2-1(3,4)5/h3-17H,2,18H2,1H3;/q+1;-1. The van der Waals surface area contributed by atoms with Gasteiger partial charge in [0.2, 0.25) is 0 Å². The Morgan fingerprint density at radius 2 is 0.852 bits per heavy atom. The molecule has 0 radical (unpaired) electrons. The first-order valence-electron chi connectivity index (χ1n) is 8.80. The molecule has 0 aromatic heterocycles. The molecule has 0 N–H and O–H groups in total. The van der Waals surface area contributed by atoms with Gasteiger partial charge in [-0.25, -0.2) is 0 Å². The molecule has 0 spiro atoms. The van der Waals surface area contributed by atoms with Crippen LogP contribution in [0.2, 0.25) is 5.21 Å². The molecule has 0 bridgehead atoms.